The van der Waals surface area contributed by atoms with Crippen LogP contribution < -0.4 is 15.4 Å². The number of amides is 1. The van der Waals surface area contributed by atoms with Crippen LogP contribution in [0.1, 0.15) is 5.56 Å². The first kappa shape index (κ1) is 8.87. The van der Waals surface area contributed by atoms with Gasteiger partial charge in [0.1, 0.15) is 5.75 Å². The van der Waals surface area contributed by atoms with Crippen molar-refractivity contribution in [1.82, 2.24) is 0 Å². The smallest absolute Gasteiger partial charge is 0.264 e. The predicted octanol–water partition coefficient (Wildman–Crippen LogP) is 0.932. The monoisotopic (exact) mass is 192 g/mol. The molecule has 0 aromatic heterocycles. The van der Waals surface area contributed by atoms with Crippen molar-refractivity contribution in [2.45, 2.75) is 6.92 Å². The van der Waals surface area contributed by atoms with Crippen LogP contribution in [0.4, 0.5) is 11.4 Å². The highest BCUT2D eigenvalue weighted by molar-refractivity contribution is 5.98. The third-order valence-electron chi connectivity index (χ3n) is 2.43. The molecule has 14 heavy (non-hydrogen) atoms. The van der Waals surface area contributed by atoms with Crippen molar-refractivity contribution in [3.05, 3.63) is 17.7 Å². The van der Waals surface area contributed by atoms with Gasteiger partial charge in [0.05, 0.1) is 5.69 Å². The minimum Gasteiger partial charge on any atom is -0.482 e. The van der Waals surface area contributed by atoms with Crippen molar-refractivity contribution in [2.24, 2.45) is 0 Å². The Kier molecular flexibility index (Phi) is 1.84. The van der Waals surface area contributed by atoms with Crippen LogP contribution >= 0.6 is 0 Å². The molecule has 4 nitrogen and oxygen atoms in total. The normalized spacial score (nSPS) is 15.0. The summed E-state index contributed by atoms with van der Waals surface area (Å²) in [4.78, 5) is 12.9. The van der Waals surface area contributed by atoms with Gasteiger partial charge in [0.25, 0.3) is 5.91 Å². The summed E-state index contributed by atoms with van der Waals surface area (Å²) in [6.45, 7) is 2.02. The Morgan fingerprint density at radius 3 is 2.93 bits per heavy atom. The molecule has 0 saturated heterocycles. The zero-order valence-corrected chi connectivity index (χ0v) is 8.20. The molecule has 0 atom stereocenters. The second kappa shape index (κ2) is 2.90. The first-order valence-electron chi connectivity index (χ1n) is 4.39. The molecule has 0 aliphatic carbocycles. The second-order valence-corrected chi connectivity index (χ2v) is 3.42. The van der Waals surface area contributed by atoms with Gasteiger partial charge < -0.3 is 15.4 Å². The van der Waals surface area contributed by atoms with Gasteiger partial charge in [-0.25, -0.2) is 0 Å². The Labute approximate surface area is 82.3 Å². The number of hydrogen-bond donors (Lipinski definition) is 1. The molecule has 1 amide bonds. The predicted molar refractivity (Wildman–Crippen MR) is 54.5 cm³/mol. The van der Waals surface area contributed by atoms with E-state index >= 15 is 0 Å². The van der Waals surface area contributed by atoms with E-state index in [1.54, 1.807) is 18.0 Å². The molecule has 2 rings (SSSR count). The van der Waals surface area contributed by atoms with Crippen molar-refractivity contribution in [2.75, 3.05) is 24.3 Å². The quantitative estimate of drug-likeness (QED) is 0.622. The number of anilines is 2. The number of nitrogens with two attached hydrogens (primary N) is 1. The molecule has 2 N–H and O–H groups in total. The molecule has 1 aliphatic heterocycles. The summed E-state index contributed by atoms with van der Waals surface area (Å²) >= 11 is 0. The highest BCUT2D eigenvalue weighted by atomic mass is 16.5. The van der Waals surface area contributed by atoms with E-state index in [4.69, 9.17) is 10.5 Å². The lowest BCUT2D eigenvalue weighted by atomic mass is 10.1. The molecule has 4 heteroatoms. The molecule has 74 valence electrons. The van der Waals surface area contributed by atoms with E-state index < -0.39 is 0 Å². The van der Waals surface area contributed by atoms with Crippen molar-refractivity contribution in [1.29, 1.82) is 0 Å². The van der Waals surface area contributed by atoms with Gasteiger partial charge in [-0.1, -0.05) is 0 Å². The van der Waals surface area contributed by atoms with Gasteiger partial charge in [-0.05, 0) is 24.6 Å². The molecule has 0 fully saturated rings. The largest absolute Gasteiger partial charge is 0.482 e. The lowest BCUT2D eigenvalue weighted by Gasteiger charge is -2.26. The van der Waals surface area contributed by atoms with Crippen LogP contribution in [0.2, 0.25) is 0 Å². The van der Waals surface area contributed by atoms with E-state index in [0.717, 1.165) is 17.0 Å². The molecule has 0 saturated carbocycles. The fraction of sp³-hybridized carbons (Fsp3) is 0.300. The SMILES string of the molecule is Cc1cc2c(cc1N)N(C)C(=O)CO2. The van der Waals surface area contributed by atoms with E-state index in [2.05, 4.69) is 0 Å². The van der Waals surface area contributed by atoms with Gasteiger partial charge >= 0.3 is 0 Å². The molecule has 1 heterocycles. The van der Waals surface area contributed by atoms with Crippen LogP contribution in [-0.2, 0) is 4.79 Å². The third-order valence-corrected chi connectivity index (χ3v) is 2.43. The fourth-order valence-corrected chi connectivity index (χ4v) is 1.43. The standard InChI is InChI=1S/C10H12N2O2/c1-6-3-9-8(4-7(6)11)12(2)10(13)5-14-9/h3-4H,5,11H2,1-2H3. The van der Waals surface area contributed by atoms with Crippen molar-refractivity contribution < 1.29 is 9.53 Å². The highest BCUT2D eigenvalue weighted by Gasteiger charge is 2.22. The number of aryl methyl sites for hydroxylation is 1. The minimum absolute atomic E-state index is 0.0549. The summed E-state index contributed by atoms with van der Waals surface area (Å²) in [5.74, 6) is 0.666. The number of benzene rings is 1. The average Bonchev–Trinajstić information content (AvgIpc) is 2.15. The number of carbonyl (C=O) groups excluding carboxylic acids is 1. The molecule has 0 spiro atoms. The summed E-state index contributed by atoms with van der Waals surface area (Å²) in [5, 5.41) is 0. The van der Waals surface area contributed by atoms with Crippen LogP contribution in [0.3, 0.4) is 0 Å². The van der Waals surface area contributed by atoms with Crippen molar-refractivity contribution in [3.8, 4) is 5.75 Å². The van der Waals surface area contributed by atoms with E-state index in [9.17, 15) is 4.79 Å². The van der Waals surface area contributed by atoms with E-state index in [0.29, 0.717) is 5.69 Å². The first-order valence-corrected chi connectivity index (χ1v) is 4.39. The van der Waals surface area contributed by atoms with Crippen LogP contribution in [0, 0.1) is 6.92 Å². The summed E-state index contributed by atoms with van der Waals surface area (Å²) in [6.07, 6.45) is 0. The zero-order chi connectivity index (χ0) is 10.3. The van der Waals surface area contributed by atoms with E-state index in [1.807, 2.05) is 13.0 Å². The van der Waals surface area contributed by atoms with Gasteiger partial charge in [-0.2, -0.15) is 0 Å². The Morgan fingerprint density at radius 2 is 2.21 bits per heavy atom. The maximum absolute atomic E-state index is 11.3. The van der Waals surface area contributed by atoms with Crippen LogP contribution in [0.15, 0.2) is 12.1 Å². The summed E-state index contributed by atoms with van der Waals surface area (Å²) in [5.41, 5.74) is 8.14. The van der Waals surface area contributed by atoms with E-state index in [1.165, 1.54) is 0 Å². The summed E-state index contributed by atoms with van der Waals surface area (Å²) in [6, 6.07) is 3.62. The zero-order valence-electron chi connectivity index (χ0n) is 8.20. The van der Waals surface area contributed by atoms with Crippen molar-refractivity contribution in [3.63, 3.8) is 0 Å². The fourth-order valence-electron chi connectivity index (χ4n) is 1.43. The molecular weight excluding hydrogens is 180 g/mol. The molecular formula is C10H12N2O2. The second-order valence-electron chi connectivity index (χ2n) is 3.42. The molecule has 0 bridgehead atoms. The topological polar surface area (TPSA) is 55.6 Å². The maximum Gasteiger partial charge on any atom is 0.264 e. The number of fused-ring (bicyclic) bond motifs is 1. The lowest BCUT2D eigenvalue weighted by molar-refractivity contribution is -0.120. The van der Waals surface area contributed by atoms with Gasteiger partial charge in [-0.15, -0.1) is 0 Å². The maximum atomic E-state index is 11.3. The van der Waals surface area contributed by atoms with Crippen LogP contribution in [-0.4, -0.2) is 19.6 Å². The van der Waals surface area contributed by atoms with Gasteiger partial charge in [0.2, 0.25) is 0 Å². The van der Waals surface area contributed by atoms with Crippen LogP contribution in [0.25, 0.3) is 0 Å². The average molecular weight is 192 g/mol. The van der Waals surface area contributed by atoms with Gasteiger partial charge in [0, 0.05) is 12.7 Å². The number of nitrogens with zero attached hydrogens (tertiary/aromatic N) is 1. The molecule has 0 unspecified atom stereocenters. The summed E-state index contributed by atoms with van der Waals surface area (Å²) in [7, 11) is 1.72. The lowest BCUT2D eigenvalue weighted by Crippen LogP contribution is -2.35. The number of rotatable bonds is 0. The Hall–Kier alpha value is -1.71. The Morgan fingerprint density at radius 1 is 1.50 bits per heavy atom. The molecule has 1 aromatic carbocycles. The van der Waals surface area contributed by atoms with Gasteiger partial charge in [0.15, 0.2) is 6.61 Å². The van der Waals surface area contributed by atoms with Crippen molar-refractivity contribution >= 4 is 17.3 Å². The molecule has 1 aliphatic rings. The molecule has 1 aromatic rings. The summed E-state index contributed by atoms with van der Waals surface area (Å²) < 4.78 is 5.30. The highest BCUT2D eigenvalue weighted by Crippen LogP contribution is 2.34. The number of hydrogen-bond acceptors (Lipinski definition) is 3. The van der Waals surface area contributed by atoms with Crippen LogP contribution in [0.5, 0.6) is 5.75 Å². The van der Waals surface area contributed by atoms with Gasteiger partial charge in [-0.3, -0.25) is 4.79 Å². The number of carbonyl (C=O) groups is 1. The number of ether oxygens (including phenoxy) is 1. The Bertz CT molecular complexity index is 401. The number of likely N-dealkylation sites (N-methyl/N-ethyl adjacent to an activating group) is 1. The minimum atomic E-state index is -0.0549. The Balaban J connectivity index is 2.55. The van der Waals surface area contributed by atoms with E-state index in [-0.39, 0.29) is 12.5 Å². The first-order chi connectivity index (χ1) is 6.59. The third kappa shape index (κ3) is 1.19. The number of nitrogen functional groups attached to an aromatic ring is 1. The molecule has 0 radical (unpaired) electrons.